The van der Waals surface area contributed by atoms with E-state index in [9.17, 15) is 0 Å². The van der Waals surface area contributed by atoms with Gasteiger partial charge in [0.05, 0.1) is 40.0 Å². The third kappa shape index (κ3) is 3.89. The number of ether oxygens (including phenoxy) is 3. The molecule has 2 N–H and O–H groups in total. The quantitative estimate of drug-likeness (QED) is 0.258. The highest BCUT2D eigenvalue weighted by molar-refractivity contribution is 9.10. The standard InChI is InChI=1S/C28H30BrN7O3/c1-27(2)38-22-18(12-37-16-6-5-15-9-20(29)24(30)34-21(15)10-16)19-11-28(19,23(22)39-27)36-8-7-17-25(33-14-35(3)4)31-13-32-26(17)36/h5-10,13-14,18-19,22-23H,11-12H2,1-4H3,(H2,30,34)/t18-,19-,22+,23+,28-/m0/s1. The molecule has 0 unspecified atom stereocenters. The summed E-state index contributed by atoms with van der Waals surface area (Å²) in [5.74, 6) is 1.67. The van der Waals surface area contributed by atoms with E-state index in [1.807, 2.05) is 63.2 Å². The van der Waals surface area contributed by atoms with E-state index in [2.05, 4.69) is 46.6 Å². The highest BCUT2D eigenvalue weighted by atomic mass is 79.9. The fourth-order valence-electron chi connectivity index (χ4n) is 6.45. The van der Waals surface area contributed by atoms with Gasteiger partial charge in [0, 0.05) is 37.7 Å². The zero-order valence-electron chi connectivity index (χ0n) is 22.2. The number of hydrogen-bond donors (Lipinski definition) is 1. The van der Waals surface area contributed by atoms with Gasteiger partial charge in [0.25, 0.3) is 0 Å². The van der Waals surface area contributed by atoms with E-state index in [4.69, 9.17) is 19.9 Å². The Bertz CT molecular complexity index is 1640. The number of aromatic nitrogens is 4. The molecule has 202 valence electrons. The van der Waals surface area contributed by atoms with Crippen molar-refractivity contribution in [2.75, 3.05) is 26.4 Å². The Morgan fingerprint density at radius 2 is 2.08 bits per heavy atom. The second kappa shape index (κ2) is 8.61. The van der Waals surface area contributed by atoms with E-state index in [1.54, 1.807) is 12.7 Å². The van der Waals surface area contributed by atoms with Gasteiger partial charge in [-0.1, -0.05) is 0 Å². The Morgan fingerprint density at radius 3 is 2.90 bits per heavy atom. The summed E-state index contributed by atoms with van der Waals surface area (Å²) in [6.45, 7) is 4.48. The summed E-state index contributed by atoms with van der Waals surface area (Å²) >= 11 is 3.45. The first-order valence-electron chi connectivity index (χ1n) is 13.0. The number of halogens is 1. The van der Waals surface area contributed by atoms with Gasteiger partial charge in [-0.3, -0.25) is 0 Å². The van der Waals surface area contributed by atoms with Crippen LogP contribution in [0.5, 0.6) is 5.75 Å². The van der Waals surface area contributed by atoms with Crippen molar-refractivity contribution in [2.24, 2.45) is 16.8 Å². The third-order valence-corrected chi connectivity index (χ3v) is 8.76. The van der Waals surface area contributed by atoms with Crippen LogP contribution in [0, 0.1) is 11.8 Å². The zero-order valence-corrected chi connectivity index (χ0v) is 23.8. The molecule has 3 fully saturated rings. The molecule has 0 bridgehead atoms. The summed E-state index contributed by atoms with van der Waals surface area (Å²) in [5, 5.41) is 1.91. The van der Waals surface area contributed by atoms with Crippen LogP contribution in [0.4, 0.5) is 11.6 Å². The average Bonchev–Trinajstić information content (AvgIpc) is 3.17. The maximum Gasteiger partial charge on any atom is 0.166 e. The summed E-state index contributed by atoms with van der Waals surface area (Å²) in [7, 11) is 3.87. The number of fused-ring (bicyclic) bond motifs is 5. The molecule has 3 aliphatic rings. The minimum Gasteiger partial charge on any atom is -0.493 e. The van der Waals surface area contributed by atoms with Crippen molar-refractivity contribution in [3.8, 4) is 5.75 Å². The van der Waals surface area contributed by atoms with Crippen LogP contribution in [-0.4, -0.2) is 69.5 Å². The summed E-state index contributed by atoms with van der Waals surface area (Å²) in [6.07, 6.45) is 6.20. The lowest BCUT2D eigenvalue weighted by Crippen LogP contribution is -2.37. The number of aliphatic imine (C=N–C) groups is 1. The molecule has 10 nitrogen and oxygen atoms in total. The largest absolute Gasteiger partial charge is 0.493 e. The van der Waals surface area contributed by atoms with Gasteiger partial charge in [0.2, 0.25) is 0 Å². The molecule has 7 rings (SSSR count). The molecule has 4 aromatic rings. The topological polar surface area (TPSA) is 113 Å². The van der Waals surface area contributed by atoms with E-state index in [0.29, 0.717) is 24.2 Å². The number of nitrogens with two attached hydrogens (primary N) is 1. The first kappa shape index (κ1) is 24.7. The third-order valence-electron chi connectivity index (χ3n) is 8.12. The second-order valence-electron chi connectivity index (χ2n) is 11.3. The van der Waals surface area contributed by atoms with Crippen LogP contribution in [-0.2, 0) is 15.0 Å². The highest BCUT2D eigenvalue weighted by Gasteiger charge is 2.76. The number of nitrogen functional groups attached to an aromatic ring is 1. The molecule has 0 spiro atoms. The Labute approximate surface area is 234 Å². The maximum absolute atomic E-state index is 6.57. The zero-order chi connectivity index (χ0) is 27.1. The SMILES string of the molecule is CN(C)C=Nc1ncnc2c1ccn2[C@@]12C[C@H]1[C@H](COc1ccc3cc(Br)c(N)nc3c1)[C@H]1OC(C)(C)O[C@H]12. The number of pyridine rings is 1. The Balaban J connectivity index is 1.20. The van der Waals surface area contributed by atoms with Crippen LogP contribution in [0.15, 0.2) is 52.3 Å². The average molecular weight is 592 g/mol. The van der Waals surface area contributed by atoms with E-state index in [1.165, 1.54) is 0 Å². The number of benzene rings is 1. The second-order valence-corrected chi connectivity index (χ2v) is 12.2. The minimum atomic E-state index is -0.676. The monoisotopic (exact) mass is 591 g/mol. The minimum absolute atomic E-state index is 0.0885. The van der Waals surface area contributed by atoms with E-state index in [-0.39, 0.29) is 23.7 Å². The Kier molecular flexibility index (Phi) is 5.46. The van der Waals surface area contributed by atoms with Gasteiger partial charge < -0.3 is 29.4 Å². The molecule has 39 heavy (non-hydrogen) atoms. The summed E-state index contributed by atoms with van der Waals surface area (Å²) in [5.41, 5.74) is 7.41. The predicted octanol–water partition coefficient (Wildman–Crippen LogP) is 4.49. The summed E-state index contributed by atoms with van der Waals surface area (Å²) in [6, 6.07) is 9.93. The molecule has 2 aliphatic carbocycles. The number of hydrogen-bond acceptors (Lipinski definition) is 8. The van der Waals surface area contributed by atoms with Crippen LogP contribution in [0.1, 0.15) is 20.3 Å². The maximum atomic E-state index is 6.57. The van der Waals surface area contributed by atoms with Crippen molar-refractivity contribution in [3.05, 3.63) is 47.3 Å². The van der Waals surface area contributed by atoms with E-state index < -0.39 is 5.79 Å². The Morgan fingerprint density at radius 1 is 1.23 bits per heavy atom. The number of anilines is 1. The van der Waals surface area contributed by atoms with Gasteiger partial charge in [-0.2, -0.15) is 0 Å². The lowest BCUT2D eigenvalue weighted by atomic mass is 10.0. The molecule has 1 aliphatic heterocycles. The van der Waals surface area contributed by atoms with E-state index >= 15 is 0 Å². The molecule has 0 radical (unpaired) electrons. The van der Waals surface area contributed by atoms with Crippen molar-refractivity contribution < 1.29 is 14.2 Å². The molecule has 5 atom stereocenters. The van der Waals surface area contributed by atoms with Gasteiger partial charge in [-0.05, 0) is 66.4 Å². The van der Waals surface area contributed by atoms with Gasteiger partial charge in [0.15, 0.2) is 11.6 Å². The molecule has 0 amide bonds. The molecule has 1 saturated heterocycles. The van der Waals surface area contributed by atoms with Crippen molar-refractivity contribution in [1.82, 2.24) is 24.4 Å². The van der Waals surface area contributed by atoms with Crippen molar-refractivity contribution >= 4 is 55.8 Å². The smallest absolute Gasteiger partial charge is 0.166 e. The normalized spacial score (nSPS) is 28.7. The lowest BCUT2D eigenvalue weighted by Gasteiger charge is -2.25. The molecule has 11 heteroatoms. The van der Waals surface area contributed by atoms with Crippen LogP contribution < -0.4 is 10.5 Å². The number of nitrogens with zero attached hydrogens (tertiary/aromatic N) is 6. The number of rotatable bonds is 6. The first-order valence-corrected chi connectivity index (χ1v) is 13.8. The van der Waals surface area contributed by atoms with Crippen LogP contribution in [0.2, 0.25) is 0 Å². The van der Waals surface area contributed by atoms with Crippen molar-refractivity contribution in [3.63, 3.8) is 0 Å². The van der Waals surface area contributed by atoms with Gasteiger partial charge >= 0.3 is 0 Å². The van der Waals surface area contributed by atoms with Gasteiger partial charge in [-0.25, -0.2) is 19.9 Å². The molecule has 1 aromatic carbocycles. The van der Waals surface area contributed by atoms with E-state index in [0.717, 1.165) is 38.6 Å². The van der Waals surface area contributed by atoms with Gasteiger partial charge in [-0.15, -0.1) is 0 Å². The van der Waals surface area contributed by atoms with Crippen LogP contribution in [0.3, 0.4) is 0 Å². The fraction of sp³-hybridized carbons (Fsp3) is 0.429. The van der Waals surface area contributed by atoms with Crippen molar-refractivity contribution in [2.45, 2.75) is 43.8 Å². The molecular weight excluding hydrogens is 562 g/mol. The summed E-state index contributed by atoms with van der Waals surface area (Å²) < 4.78 is 22.5. The molecule has 3 aromatic heterocycles. The Hall–Kier alpha value is -3.28. The first-order chi connectivity index (χ1) is 18.7. The predicted molar refractivity (Wildman–Crippen MR) is 152 cm³/mol. The highest BCUT2D eigenvalue weighted by Crippen LogP contribution is 2.68. The van der Waals surface area contributed by atoms with Gasteiger partial charge in [0.1, 0.15) is 29.6 Å². The van der Waals surface area contributed by atoms with Crippen LogP contribution in [0.25, 0.3) is 21.9 Å². The summed E-state index contributed by atoms with van der Waals surface area (Å²) in [4.78, 5) is 20.0. The molecule has 4 heterocycles. The van der Waals surface area contributed by atoms with Crippen LogP contribution >= 0.6 is 15.9 Å². The van der Waals surface area contributed by atoms with Crippen molar-refractivity contribution in [1.29, 1.82) is 0 Å². The fourth-order valence-corrected chi connectivity index (χ4v) is 6.79. The lowest BCUT2D eigenvalue weighted by molar-refractivity contribution is -0.162. The molecular formula is C28H30BrN7O3. The molecule has 2 saturated carbocycles.